The van der Waals surface area contributed by atoms with Gasteiger partial charge in [0.2, 0.25) is 10.0 Å². The maximum absolute atomic E-state index is 11.7. The Kier molecular flexibility index (Phi) is 5.65. The van der Waals surface area contributed by atoms with Gasteiger partial charge >= 0.3 is 0 Å². The molecule has 21 heavy (non-hydrogen) atoms. The Labute approximate surface area is 128 Å². The minimum atomic E-state index is -3.34. The van der Waals surface area contributed by atoms with Crippen molar-refractivity contribution in [1.29, 1.82) is 0 Å². The van der Waals surface area contributed by atoms with Gasteiger partial charge in [0.05, 0.1) is 4.90 Å². The lowest BCUT2D eigenvalue weighted by Gasteiger charge is -2.29. The fraction of sp³-hybridized carbons (Fsp3) is 0.625. The highest BCUT2D eigenvalue weighted by Crippen LogP contribution is 2.29. The molecule has 0 spiro atoms. The summed E-state index contributed by atoms with van der Waals surface area (Å²) in [6.45, 7) is 2.26. The number of hydrogen-bond acceptors (Lipinski definition) is 3. The monoisotopic (exact) mass is 310 g/mol. The molecule has 0 aromatic heterocycles. The number of nitrogens with one attached hydrogen (secondary N) is 2. The van der Waals surface area contributed by atoms with Crippen LogP contribution in [0, 0.1) is 5.92 Å². The van der Waals surface area contributed by atoms with E-state index in [1.807, 2.05) is 12.1 Å². The molecule has 4 nitrogen and oxygen atoms in total. The van der Waals surface area contributed by atoms with Crippen LogP contribution in [0.4, 0.5) is 5.69 Å². The van der Waals surface area contributed by atoms with Crippen molar-refractivity contribution in [2.45, 2.75) is 56.4 Å². The quantitative estimate of drug-likeness (QED) is 0.847. The van der Waals surface area contributed by atoms with Crippen molar-refractivity contribution in [3.63, 3.8) is 0 Å². The first kappa shape index (κ1) is 16.3. The standard InChI is InChI=1S/C16H26N2O2S/c1-3-4-13-5-7-14(8-6-13)18-15-9-11-16(12-10-15)21(19,20)17-2/h9-14,17-18H,3-8H2,1-2H3. The topological polar surface area (TPSA) is 58.2 Å². The van der Waals surface area contributed by atoms with E-state index in [1.165, 1.54) is 45.6 Å². The van der Waals surface area contributed by atoms with E-state index in [0.717, 1.165) is 11.6 Å². The van der Waals surface area contributed by atoms with Gasteiger partial charge in [-0.1, -0.05) is 19.8 Å². The van der Waals surface area contributed by atoms with E-state index in [-0.39, 0.29) is 0 Å². The van der Waals surface area contributed by atoms with Crippen molar-refractivity contribution >= 4 is 15.7 Å². The Balaban J connectivity index is 1.90. The van der Waals surface area contributed by atoms with Crippen molar-refractivity contribution in [2.75, 3.05) is 12.4 Å². The van der Waals surface area contributed by atoms with E-state index in [9.17, 15) is 8.42 Å². The van der Waals surface area contributed by atoms with Gasteiger partial charge < -0.3 is 5.32 Å². The van der Waals surface area contributed by atoms with Crippen molar-refractivity contribution in [3.8, 4) is 0 Å². The smallest absolute Gasteiger partial charge is 0.240 e. The molecule has 0 amide bonds. The van der Waals surface area contributed by atoms with E-state index in [1.54, 1.807) is 12.1 Å². The number of benzene rings is 1. The first-order valence-electron chi connectivity index (χ1n) is 7.85. The van der Waals surface area contributed by atoms with Crippen LogP contribution in [0.2, 0.25) is 0 Å². The Morgan fingerprint density at radius 1 is 1.10 bits per heavy atom. The number of sulfonamides is 1. The fourth-order valence-electron chi connectivity index (χ4n) is 3.09. The van der Waals surface area contributed by atoms with E-state index in [4.69, 9.17) is 0 Å². The van der Waals surface area contributed by atoms with Crippen LogP contribution in [0.5, 0.6) is 0 Å². The predicted molar refractivity (Wildman–Crippen MR) is 87.0 cm³/mol. The minimum absolute atomic E-state index is 0.308. The molecule has 2 rings (SSSR count). The van der Waals surface area contributed by atoms with Gasteiger partial charge in [-0.25, -0.2) is 13.1 Å². The van der Waals surface area contributed by atoms with Crippen LogP contribution in [0.3, 0.4) is 0 Å². The van der Waals surface area contributed by atoms with Gasteiger partial charge in [0.15, 0.2) is 0 Å². The van der Waals surface area contributed by atoms with Crippen LogP contribution in [0.1, 0.15) is 45.4 Å². The third-order valence-electron chi connectivity index (χ3n) is 4.35. The number of rotatable bonds is 6. The van der Waals surface area contributed by atoms with Crippen LogP contribution in [-0.2, 0) is 10.0 Å². The summed E-state index contributed by atoms with van der Waals surface area (Å²) < 4.78 is 25.7. The summed E-state index contributed by atoms with van der Waals surface area (Å²) in [5, 5.41) is 3.52. The molecular formula is C16H26N2O2S. The minimum Gasteiger partial charge on any atom is -0.382 e. The third-order valence-corrected chi connectivity index (χ3v) is 5.78. The first-order chi connectivity index (χ1) is 10.0. The molecule has 0 aliphatic heterocycles. The normalized spacial score (nSPS) is 23.0. The van der Waals surface area contributed by atoms with Crippen molar-refractivity contribution in [2.24, 2.45) is 5.92 Å². The highest BCUT2D eigenvalue weighted by molar-refractivity contribution is 7.89. The Morgan fingerprint density at radius 2 is 1.71 bits per heavy atom. The number of anilines is 1. The maximum Gasteiger partial charge on any atom is 0.240 e. The lowest BCUT2D eigenvalue weighted by atomic mass is 9.83. The molecular weight excluding hydrogens is 284 g/mol. The van der Waals surface area contributed by atoms with Crippen molar-refractivity contribution in [1.82, 2.24) is 4.72 Å². The third kappa shape index (κ3) is 4.45. The SMILES string of the molecule is CCCC1CCC(Nc2ccc(S(=O)(=O)NC)cc2)CC1. The second-order valence-corrected chi connectivity index (χ2v) is 7.77. The molecule has 0 radical (unpaired) electrons. The summed E-state index contributed by atoms with van der Waals surface area (Å²) in [4.78, 5) is 0.308. The van der Waals surface area contributed by atoms with Gasteiger partial charge in [-0.05, 0) is 62.9 Å². The highest BCUT2D eigenvalue weighted by Gasteiger charge is 2.20. The van der Waals surface area contributed by atoms with Crippen LogP contribution >= 0.6 is 0 Å². The van der Waals surface area contributed by atoms with Crippen molar-refractivity contribution in [3.05, 3.63) is 24.3 Å². The van der Waals surface area contributed by atoms with Crippen molar-refractivity contribution < 1.29 is 8.42 Å². The van der Waals surface area contributed by atoms with E-state index in [2.05, 4.69) is 17.0 Å². The highest BCUT2D eigenvalue weighted by atomic mass is 32.2. The lowest BCUT2D eigenvalue weighted by molar-refractivity contribution is 0.319. The zero-order chi connectivity index (χ0) is 15.3. The molecule has 1 aliphatic rings. The lowest BCUT2D eigenvalue weighted by Crippen LogP contribution is -2.26. The van der Waals surface area contributed by atoms with Gasteiger partial charge in [-0.2, -0.15) is 0 Å². The molecule has 0 unspecified atom stereocenters. The molecule has 1 aromatic rings. The summed E-state index contributed by atoms with van der Waals surface area (Å²) in [6.07, 6.45) is 7.66. The summed E-state index contributed by atoms with van der Waals surface area (Å²) in [5.41, 5.74) is 1.00. The summed E-state index contributed by atoms with van der Waals surface area (Å²) >= 11 is 0. The average molecular weight is 310 g/mol. The van der Waals surface area contributed by atoms with Crippen LogP contribution in [0.25, 0.3) is 0 Å². The van der Waals surface area contributed by atoms with Gasteiger partial charge in [-0.15, -0.1) is 0 Å². The largest absolute Gasteiger partial charge is 0.382 e. The van der Waals surface area contributed by atoms with Crippen LogP contribution in [0.15, 0.2) is 29.2 Å². The molecule has 1 aromatic carbocycles. The van der Waals surface area contributed by atoms with Gasteiger partial charge in [0, 0.05) is 11.7 Å². The first-order valence-corrected chi connectivity index (χ1v) is 9.33. The molecule has 1 saturated carbocycles. The van der Waals surface area contributed by atoms with Crippen LogP contribution < -0.4 is 10.0 Å². The Hall–Kier alpha value is -1.07. The van der Waals surface area contributed by atoms with Gasteiger partial charge in [-0.3, -0.25) is 0 Å². The second-order valence-electron chi connectivity index (χ2n) is 5.88. The molecule has 2 N–H and O–H groups in total. The average Bonchev–Trinajstić information content (AvgIpc) is 2.50. The molecule has 0 saturated heterocycles. The maximum atomic E-state index is 11.7. The molecule has 118 valence electrons. The second kappa shape index (κ2) is 7.27. The zero-order valence-electron chi connectivity index (χ0n) is 12.9. The van der Waals surface area contributed by atoms with Gasteiger partial charge in [0.1, 0.15) is 0 Å². The molecule has 1 aliphatic carbocycles. The van der Waals surface area contributed by atoms with Gasteiger partial charge in [0.25, 0.3) is 0 Å². The zero-order valence-corrected chi connectivity index (χ0v) is 13.7. The van der Waals surface area contributed by atoms with E-state index >= 15 is 0 Å². The van der Waals surface area contributed by atoms with E-state index in [0.29, 0.717) is 10.9 Å². The summed E-state index contributed by atoms with van der Waals surface area (Å²) in [6, 6.07) is 7.52. The Bertz CT molecular complexity index is 532. The number of hydrogen-bond donors (Lipinski definition) is 2. The summed E-state index contributed by atoms with van der Waals surface area (Å²) in [7, 11) is -1.91. The molecule has 1 fully saturated rings. The fourth-order valence-corrected chi connectivity index (χ4v) is 3.82. The Morgan fingerprint density at radius 3 is 2.24 bits per heavy atom. The molecule has 0 bridgehead atoms. The molecule has 5 heteroatoms. The predicted octanol–water partition coefficient (Wildman–Crippen LogP) is 3.37. The van der Waals surface area contributed by atoms with Crippen LogP contribution in [-0.4, -0.2) is 21.5 Å². The summed E-state index contributed by atoms with van der Waals surface area (Å²) in [5.74, 6) is 0.899. The molecule has 0 heterocycles. The van der Waals surface area contributed by atoms with E-state index < -0.39 is 10.0 Å². The molecule has 0 atom stereocenters.